The fourth-order valence-electron chi connectivity index (χ4n) is 3.16. The zero-order valence-corrected chi connectivity index (χ0v) is 18.6. The van der Waals surface area contributed by atoms with Crippen molar-refractivity contribution in [2.24, 2.45) is 10.9 Å². The van der Waals surface area contributed by atoms with E-state index in [0.717, 1.165) is 30.4 Å². The zero-order valence-electron chi connectivity index (χ0n) is 15.5. The van der Waals surface area contributed by atoms with E-state index in [1.54, 1.807) is 0 Å². The van der Waals surface area contributed by atoms with Gasteiger partial charge in [0.2, 0.25) is 0 Å². The summed E-state index contributed by atoms with van der Waals surface area (Å²) in [5.74, 6) is 2.77. The summed E-state index contributed by atoms with van der Waals surface area (Å²) in [6.07, 6.45) is 1.20. The average Bonchev–Trinajstić information content (AvgIpc) is 3.17. The van der Waals surface area contributed by atoms with Gasteiger partial charge in [0.15, 0.2) is 5.96 Å². The summed E-state index contributed by atoms with van der Waals surface area (Å²) in [4.78, 5) is 8.12. The number of rotatable bonds is 5. The summed E-state index contributed by atoms with van der Waals surface area (Å²) in [6, 6.07) is 20.5. The van der Waals surface area contributed by atoms with Gasteiger partial charge in [-0.3, -0.25) is 4.99 Å². The quantitative estimate of drug-likeness (QED) is 0.292. The third kappa shape index (κ3) is 6.43. The average molecular weight is 492 g/mol. The Morgan fingerprint density at radius 1 is 1.26 bits per heavy atom. The fraction of sp³-hybridized carbons (Fsp3) is 0.333. The lowest BCUT2D eigenvalue weighted by Crippen LogP contribution is -2.39. The number of halogens is 1. The van der Waals surface area contributed by atoms with Crippen LogP contribution in [0.25, 0.3) is 0 Å². The minimum atomic E-state index is 0. The number of benzene rings is 2. The van der Waals surface area contributed by atoms with E-state index in [2.05, 4.69) is 51.6 Å². The van der Waals surface area contributed by atoms with Gasteiger partial charge in [0.1, 0.15) is 0 Å². The third-order valence-electron chi connectivity index (χ3n) is 4.53. The van der Waals surface area contributed by atoms with Gasteiger partial charge >= 0.3 is 0 Å². The smallest absolute Gasteiger partial charge is 0.193 e. The van der Waals surface area contributed by atoms with Crippen LogP contribution >= 0.6 is 35.7 Å². The van der Waals surface area contributed by atoms with Crippen molar-refractivity contribution in [3.63, 3.8) is 0 Å². The van der Waals surface area contributed by atoms with E-state index in [9.17, 15) is 0 Å². The van der Waals surface area contributed by atoms with Crippen molar-refractivity contribution in [3.05, 3.63) is 65.7 Å². The van der Waals surface area contributed by atoms with Crippen molar-refractivity contribution in [1.82, 2.24) is 10.2 Å². The maximum absolute atomic E-state index is 9.02. The summed E-state index contributed by atoms with van der Waals surface area (Å²) in [6.45, 7) is 2.76. The highest BCUT2D eigenvalue weighted by atomic mass is 127. The van der Waals surface area contributed by atoms with Crippen LogP contribution < -0.4 is 5.32 Å². The van der Waals surface area contributed by atoms with E-state index >= 15 is 0 Å². The molecule has 0 radical (unpaired) electrons. The van der Waals surface area contributed by atoms with Gasteiger partial charge in [-0.2, -0.15) is 5.26 Å². The highest BCUT2D eigenvalue weighted by Gasteiger charge is 2.24. The van der Waals surface area contributed by atoms with Crippen LogP contribution in [0.1, 0.15) is 17.5 Å². The van der Waals surface area contributed by atoms with Crippen molar-refractivity contribution in [2.75, 3.05) is 25.9 Å². The molecule has 1 aliphatic heterocycles. The van der Waals surface area contributed by atoms with Gasteiger partial charge in [-0.05, 0) is 42.2 Å². The van der Waals surface area contributed by atoms with Crippen LogP contribution in [0.5, 0.6) is 0 Å². The van der Waals surface area contributed by atoms with Gasteiger partial charge in [0.25, 0.3) is 0 Å². The molecule has 6 heteroatoms. The molecule has 0 aliphatic carbocycles. The van der Waals surface area contributed by atoms with Crippen molar-refractivity contribution in [3.8, 4) is 6.07 Å². The van der Waals surface area contributed by atoms with Gasteiger partial charge in [0, 0.05) is 37.3 Å². The standard InChI is InChI=1S/C21H24N4S.HI/c1-23-21(24-14-18-7-5-6-17(12-18)13-22)25-11-10-19(15-25)16-26-20-8-3-2-4-9-20;/h2-9,12,19H,10-11,14-16H2,1H3,(H,23,24);1H. The van der Waals surface area contributed by atoms with E-state index in [4.69, 9.17) is 5.26 Å². The molecule has 142 valence electrons. The topological polar surface area (TPSA) is 51.4 Å². The largest absolute Gasteiger partial charge is 0.352 e. The molecule has 0 aromatic heterocycles. The zero-order chi connectivity index (χ0) is 18.2. The van der Waals surface area contributed by atoms with E-state index in [0.29, 0.717) is 18.0 Å². The maximum Gasteiger partial charge on any atom is 0.193 e. The lowest BCUT2D eigenvalue weighted by molar-refractivity contribution is 0.474. The Kier molecular flexibility index (Phi) is 8.95. The van der Waals surface area contributed by atoms with Gasteiger partial charge in [0.05, 0.1) is 11.6 Å². The van der Waals surface area contributed by atoms with Crippen LogP contribution in [0.15, 0.2) is 64.5 Å². The number of hydrogen-bond acceptors (Lipinski definition) is 3. The number of nitrogens with zero attached hydrogens (tertiary/aromatic N) is 3. The van der Waals surface area contributed by atoms with Gasteiger partial charge in [-0.15, -0.1) is 35.7 Å². The van der Waals surface area contributed by atoms with Gasteiger partial charge < -0.3 is 10.2 Å². The first kappa shape index (κ1) is 21.6. The van der Waals surface area contributed by atoms with Crippen molar-refractivity contribution in [1.29, 1.82) is 5.26 Å². The number of nitriles is 1. The first-order chi connectivity index (χ1) is 12.8. The predicted molar refractivity (Wildman–Crippen MR) is 124 cm³/mol. The normalized spacial score (nSPS) is 16.5. The molecule has 0 bridgehead atoms. The third-order valence-corrected chi connectivity index (χ3v) is 5.78. The van der Waals surface area contributed by atoms with Crippen molar-refractivity contribution < 1.29 is 0 Å². The Bertz CT molecular complexity index is 788. The molecule has 1 fully saturated rings. The van der Waals surface area contributed by atoms with Crippen LogP contribution in [0.2, 0.25) is 0 Å². The van der Waals surface area contributed by atoms with Gasteiger partial charge in [-0.1, -0.05) is 30.3 Å². The van der Waals surface area contributed by atoms with E-state index in [-0.39, 0.29) is 24.0 Å². The summed E-state index contributed by atoms with van der Waals surface area (Å²) in [5.41, 5.74) is 1.79. The molecule has 1 N–H and O–H groups in total. The summed E-state index contributed by atoms with van der Waals surface area (Å²) in [5, 5.41) is 12.4. The summed E-state index contributed by atoms with van der Waals surface area (Å²) >= 11 is 1.94. The molecular weight excluding hydrogens is 467 g/mol. The Labute approximate surface area is 183 Å². The minimum Gasteiger partial charge on any atom is -0.352 e. The Balaban J connectivity index is 0.00000261. The maximum atomic E-state index is 9.02. The fourth-order valence-corrected chi connectivity index (χ4v) is 4.21. The monoisotopic (exact) mass is 492 g/mol. The van der Waals surface area contributed by atoms with Crippen LogP contribution in [0, 0.1) is 17.2 Å². The van der Waals surface area contributed by atoms with Crippen LogP contribution in [-0.4, -0.2) is 36.7 Å². The van der Waals surface area contributed by atoms with Crippen molar-refractivity contribution in [2.45, 2.75) is 17.9 Å². The van der Waals surface area contributed by atoms with Crippen LogP contribution in [0.3, 0.4) is 0 Å². The first-order valence-electron chi connectivity index (χ1n) is 8.91. The molecule has 0 amide bonds. The number of nitrogens with one attached hydrogen (secondary N) is 1. The highest BCUT2D eigenvalue weighted by Crippen LogP contribution is 2.25. The number of guanidine groups is 1. The Morgan fingerprint density at radius 2 is 2.07 bits per heavy atom. The molecular formula is C21H25IN4S. The van der Waals surface area contributed by atoms with Gasteiger partial charge in [-0.25, -0.2) is 0 Å². The van der Waals surface area contributed by atoms with Crippen LogP contribution in [0.4, 0.5) is 0 Å². The first-order valence-corrected chi connectivity index (χ1v) is 9.89. The number of hydrogen-bond donors (Lipinski definition) is 1. The second-order valence-electron chi connectivity index (χ2n) is 6.44. The highest BCUT2D eigenvalue weighted by molar-refractivity contribution is 14.0. The number of thioether (sulfide) groups is 1. The van der Waals surface area contributed by atoms with E-state index in [1.807, 2.05) is 43.1 Å². The lowest BCUT2D eigenvalue weighted by atomic mass is 10.1. The molecule has 1 aliphatic rings. The molecule has 1 heterocycles. The predicted octanol–water partition coefficient (Wildman–Crippen LogP) is 4.37. The molecule has 3 rings (SSSR count). The second-order valence-corrected chi connectivity index (χ2v) is 7.53. The molecule has 2 aromatic rings. The molecule has 27 heavy (non-hydrogen) atoms. The molecule has 1 unspecified atom stereocenters. The summed E-state index contributed by atoms with van der Waals surface area (Å²) in [7, 11) is 1.83. The molecule has 2 aromatic carbocycles. The molecule has 1 atom stereocenters. The molecule has 1 saturated heterocycles. The number of aliphatic imine (C=N–C) groups is 1. The molecule has 0 spiro atoms. The summed E-state index contributed by atoms with van der Waals surface area (Å²) < 4.78 is 0. The molecule has 4 nitrogen and oxygen atoms in total. The van der Waals surface area contributed by atoms with Crippen molar-refractivity contribution >= 4 is 41.7 Å². The lowest BCUT2D eigenvalue weighted by Gasteiger charge is -2.21. The molecule has 0 saturated carbocycles. The Morgan fingerprint density at radius 3 is 2.81 bits per heavy atom. The SMILES string of the molecule is CN=C(NCc1cccc(C#N)c1)N1CCC(CSc2ccccc2)C1.I. The Hall–Kier alpha value is -1.72. The number of likely N-dealkylation sites (tertiary alicyclic amines) is 1. The minimum absolute atomic E-state index is 0. The van der Waals surface area contributed by atoms with E-state index in [1.165, 1.54) is 11.3 Å². The second kappa shape index (κ2) is 11.2. The van der Waals surface area contributed by atoms with Crippen LogP contribution in [-0.2, 0) is 6.54 Å². The van der Waals surface area contributed by atoms with E-state index < -0.39 is 0 Å².